The lowest BCUT2D eigenvalue weighted by Crippen LogP contribution is -2.30. The molecule has 0 aliphatic heterocycles. The molecular weight excluding hydrogens is 705 g/mol. The third-order valence-corrected chi connectivity index (χ3v) is 9.80. The van der Waals surface area contributed by atoms with Gasteiger partial charge in [-0.15, -0.1) is 23.1 Å². The number of carbonyl (C=O) groups excluding carboxylic acids is 3. The van der Waals surface area contributed by atoms with E-state index in [-0.39, 0.29) is 22.9 Å². The lowest BCUT2D eigenvalue weighted by molar-refractivity contribution is -0.385. The Hall–Kier alpha value is -5.01. The number of thioether (sulfide) groups is 1. The number of nitrogens with zero attached hydrogens (tertiary/aromatic N) is 2. The molecule has 5 rings (SSSR count). The molecule has 10 nitrogen and oxygen atoms in total. The minimum atomic E-state index is -0.698. The second kappa shape index (κ2) is 16.4. The summed E-state index contributed by atoms with van der Waals surface area (Å²) in [6, 6.07) is 26.3. The quantitative estimate of drug-likeness (QED) is 0.0503. The van der Waals surface area contributed by atoms with Crippen LogP contribution >= 0.6 is 46.3 Å². The van der Waals surface area contributed by atoms with Crippen molar-refractivity contribution in [1.29, 1.82) is 0 Å². The number of nitrogens with one attached hydrogen (secondary N) is 3. The zero-order valence-electron chi connectivity index (χ0n) is 25.7. The number of hydrogen-bond donors (Lipinski definition) is 3. The molecule has 1 atom stereocenters. The Morgan fingerprint density at radius 1 is 0.939 bits per heavy atom. The molecule has 0 saturated carbocycles. The van der Waals surface area contributed by atoms with Gasteiger partial charge in [-0.3, -0.25) is 24.5 Å². The van der Waals surface area contributed by atoms with E-state index in [1.54, 1.807) is 72.8 Å². The summed E-state index contributed by atoms with van der Waals surface area (Å²) < 4.78 is 0. The van der Waals surface area contributed by atoms with Crippen LogP contribution in [0.1, 0.15) is 29.3 Å². The van der Waals surface area contributed by atoms with Gasteiger partial charge in [-0.2, -0.15) is 0 Å². The number of thiazole rings is 1. The molecular formula is C35H27Cl2N5O5S2. The number of halogens is 2. The zero-order valence-corrected chi connectivity index (χ0v) is 28.8. The number of rotatable bonds is 12. The highest BCUT2D eigenvalue weighted by atomic mass is 35.5. The molecule has 4 aromatic carbocycles. The van der Waals surface area contributed by atoms with Gasteiger partial charge in [0.1, 0.15) is 5.70 Å². The van der Waals surface area contributed by atoms with Crippen LogP contribution in [0.15, 0.2) is 113 Å². The van der Waals surface area contributed by atoms with Crippen molar-refractivity contribution in [2.75, 3.05) is 10.6 Å². The first-order chi connectivity index (χ1) is 23.6. The lowest BCUT2D eigenvalue weighted by atomic mass is 10.1. The second-order valence-electron chi connectivity index (χ2n) is 10.3. The number of amides is 3. The van der Waals surface area contributed by atoms with Crippen LogP contribution < -0.4 is 16.0 Å². The van der Waals surface area contributed by atoms with Crippen molar-refractivity contribution in [1.82, 2.24) is 10.3 Å². The van der Waals surface area contributed by atoms with Crippen molar-refractivity contribution in [3.63, 3.8) is 0 Å². The lowest BCUT2D eigenvalue weighted by Gasteiger charge is -2.15. The zero-order chi connectivity index (χ0) is 34.9. The van der Waals surface area contributed by atoms with Crippen molar-refractivity contribution in [2.24, 2.45) is 0 Å². The van der Waals surface area contributed by atoms with Crippen LogP contribution in [0, 0.1) is 10.1 Å². The van der Waals surface area contributed by atoms with Gasteiger partial charge in [-0.05, 0) is 61.0 Å². The highest BCUT2D eigenvalue weighted by molar-refractivity contribution is 8.00. The minimum absolute atomic E-state index is 0.136. The molecule has 5 aromatic rings. The first-order valence-corrected chi connectivity index (χ1v) is 17.2. The molecule has 0 spiro atoms. The molecule has 0 radical (unpaired) electrons. The smallest absolute Gasteiger partial charge is 0.276 e. The van der Waals surface area contributed by atoms with Gasteiger partial charge in [0.05, 0.1) is 31.5 Å². The molecule has 248 valence electrons. The summed E-state index contributed by atoms with van der Waals surface area (Å²) in [6.45, 7) is 1.89. The van der Waals surface area contributed by atoms with Crippen molar-refractivity contribution in [2.45, 2.75) is 23.5 Å². The van der Waals surface area contributed by atoms with E-state index in [4.69, 9.17) is 23.2 Å². The van der Waals surface area contributed by atoms with Gasteiger partial charge in [-0.1, -0.05) is 72.6 Å². The number of nitro groups is 1. The summed E-state index contributed by atoms with van der Waals surface area (Å²) in [6.07, 6.45) is 1.77. The Labute approximate surface area is 299 Å². The highest BCUT2D eigenvalue weighted by Crippen LogP contribution is 2.32. The number of benzene rings is 4. The fourth-order valence-corrected chi connectivity index (χ4v) is 6.54. The van der Waals surface area contributed by atoms with Gasteiger partial charge in [0.2, 0.25) is 5.91 Å². The Bertz CT molecular complexity index is 2060. The standard InChI is InChI=1S/C35H27Cl2N5O5S2/c1-2-31(34(45)41-35-40-29(20-48-35)22-15-16-26(36)27(37)17-22)49-25-13-8-12-24(19-25)38-33(44)28(39-32(43)21-9-4-3-5-10-21)18-23-11-6-7-14-30(23)42(46)47/h3-20,31H,2H2,1H3,(H,38,44)(H,39,43)(H,40,41,45)/b28-18+. The van der Waals surface area contributed by atoms with Crippen molar-refractivity contribution >= 4 is 86.6 Å². The van der Waals surface area contributed by atoms with Crippen LogP contribution in [0.2, 0.25) is 10.0 Å². The molecule has 0 aliphatic rings. The van der Waals surface area contributed by atoms with Crippen LogP contribution in [0.3, 0.4) is 0 Å². The number of para-hydroxylation sites is 1. The molecule has 14 heteroatoms. The number of aromatic nitrogens is 1. The van der Waals surface area contributed by atoms with Gasteiger partial charge in [0.25, 0.3) is 17.5 Å². The van der Waals surface area contributed by atoms with Gasteiger partial charge >= 0.3 is 0 Å². The molecule has 0 fully saturated rings. The van der Waals surface area contributed by atoms with Gasteiger partial charge in [-0.25, -0.2) is 4.98 Å². The van der Waals surface area contributed by atoms with E-state index in [2.05, 4.69) is 20.9 Å². The predicted molar refractivity (Wildman–Crippen MR) is 196 cm³/mol. The monoisotopic (exact) mass is 731 g/mol. The van der Waals surface area contributed by atoms with Crippen molar-refractivity contribution in [3.8, 4) is 11.3 Å². The van der Waals surface area contributed by atoms with Gasteiger partial charge < -0.3 is 16.0 Å². The fraction of sp³-hybridized carbons (Fsp3) is 0.0857. The normalized spacial score (nSPS) is 11.8. The average Bonchev–Trinajstić information content (AvgIpc) is 3.57. The SMILES string of the molecule is CCC(Sc1cccc(NC(=O)/C(=C\c2ccccc2[N+](=O)[O-])NC(=O)c2ccccc2)c1)C(=O)Nc1nc(-c2ccc(Cl)c(Cl)c2)cs1. The summed E-state index contributed by atoms with van der Waals surface area (Å²) in [4.78, 5) is 56.1. The highest BCUT2D eigenvalue weighted by Gasteiger charge is 2.21. The summed E-state index contributed by atoms with van der Waals surface area (Å²) in [7, 11) is 0. The number of hydrogen-bond acceptors (Lipinski definition) is 8. The molecule has 1 unspecified atom stereocenters. The van der Waals surface area contributed by atoms with Crippen LogP contribution in [0.5, 0.6) is 0 Å². The first kappa shape index (κ1) is 35.3. The summed E-state index contributed by atoms with van der Waals surface area (Å²) in [5.41, 5.74) is 1.82. The Morgan fingerprint density at radius 3 is 2.43 bits per heavy atom. The fourth-order valence-electron chi connectivity index (χ4n) is 4.51. The topological polar surface area (TPSA) is 143 Å². The van der Waals surface area contributed by atoms with Gasteiger partial charge in [0.15, 0.2) is 5.13 Å². The summed E-state index contributed by atoms with van der Waals surface area (Å²) in [5, 5.41) is 22.5. The van der Waals surface area contributed by atoms with E-state index < -0.39 is 22.0 Å². The van der Waals surface area contributed by atoms with Crippen LogP contribution in [0.25, 0.3) is 17.3 Å². The largest absolute Gasteiger partial charge is 0.321 e. The molecule has 0 aliphatic carbocycles. The average molecular weight is 733 g/mol. The van der Waals surface area contributed by atoms with E-state index in [0.717, 1.165) is 5.56 Å². The second-order valence-corrected chi connectivity index (χ2v) is 13.3. The summed E-state index contributed by atoms with van der Waals surface area (Å²) in [5.74, 6) is -1.50. The summed E-state index contributed by atoms with van der Waals surface area (Å²) >= 11 is 14.8. The number of nitro benzene ring substituents is 1. The minimum Gasteiger partial charge on any atom is -0.321 e. The van der Waals surface area contributed by atoms with Crippen LogP contribution in [-0.4, -0.2) is 32.9 Å². The Balaban J connectivity index is 1.30. The van der Waals surface area contributed by atoms with Crippen molar-refractivity contribution in [3.05, 3.63) is 139 Å². The van der Waals surface area contributed by atoms with E-state index in [1.165, 1.54) is 47.4 Å². The molecule has 1 aromatic heterocycles. The number of anilines is 2. The molecule has 3 amide bonds. The van der Waals surface area contributed by atoms with E-state index in [0.29, 0.717) is 43.4 Å². The Kier molecular flexibility index (Phi) is 11.8. The molecule has 0 bridgehead atoms. The van der Waals surface area contributed by atoms with Crippen molar-refractivity contribution < 1.29 is 19.3 Å². The first-order valence-electron chi connectivity index (χ1n) is 14.7. The Morgan fingerprint density at radius 2 is 1.69 bits per heavy atom. The maximum Gasteiger partial charge on any atom is 0.276 e. The predicted octanol–water partition coefficient (Wildman–Crippen LogP) is 8.94. The van der Waals surface area contributed by atoms with E-state index in [1.807, 2.05) is 18.4 Å². The molecule has 49 heavy (non-hydrogen) atoms. The third-order valence-electron chi connectivity index (χ3n) is 6.95. The van der Waals surface area contributed by atoms with E-state index >= 15 is 0 Å². The van der Waals surface area contributed by atoms with Crippen LogP contribution in [0.4, 0.5) is 16.5 Å². The van der Waals surface area contributed by atoms with Gasteiger partial charge in [0, 0.05) is 33.2 Å². The molecule has 1 heterocycles. The van der Waals surface area contributed by atoms with E-state index in [9.17, 15) is 24.5 Å². The maximum absolute atomic E-state index is 13.6. The maximum atomic E-state index is 13.6. The number of carbonyl (C=O) groups is 3. The third kappa shape index (κ3) is 9.33. The molecule has 0 saturated heterocycles. The van der Waals surface area contributed by atoms with Crippen LogP contribution in [-0.2, 0) is 9.59 Å². The molecule has 3 N–H and O–H groups in total.